The first-order valence-electron chi connectivity index (χ1n) is 4.09. The van der Waals surface area contributed by atoms with E-state index in [4.69, 9.17) is 18.0 Å². The van der Waals surface area contributed by atoms with Gasteiger partial charge in [0.1, 0.15) is 5.82 Å². The SMILES string of the molecule is Cc1nc2cc(N)nc(=S)n2nc1C. The van der Waals surface area contributed by atoms with Gasteiger partial charge >= 0.3 is 0 Å². The number of nitrogens with two attached hydrogens (primary N) is 1. The molecule has 72 valence electrons. The summed E-state index contributed by atoms with van der Waals surface area (Å²) < 4.78 is 1.84. The van der Waals surface area contributed by atoms with Gasteiger partial charge in [-0.25, -0.2) is 9.97 Å². The molecule has 0 aliphatic heterocycles. The van der Waals surface area contributed by atoms with Crippen molar-refractivity contribution in [1.82, 2.24) is 19.6 Å². The predicted octanol–water partition coefficient (Wildman–Crippen LogP) is 1.05. The maximum Gasteiger partial charge on any atom is 0.224 e. The quantitative estimate of drug-likeness (QED) is 0.654. The summed E-state index contributed by atoms with van der Waals surface area (Å²) in [6.07, 6.45) is 0. The lowest BCUT2D eigenvalue weighted by molar-refractivity contribution is 0.811. The molecule has 0 radical (unpaired) electrons. The van der Waals surface area contributed by atoms with Gasteiger partial charge in [-0.2, -0.15) is 9.61 Å². The summed E-state index contributed by atoms with van der Waals surface area (Å²) in [5, 5.41) is 4.25. The van der Waals surface area contributed by atoms with Crippen LogP contribution in [-0.2, 0) is 0 Å². The fourth-order valence-corrected chi connectivity index (χ4v) is 1.37. The molecule has 0 saturated heterocycles. The summed E-state index contributed by atoms with van der Waals surface area (Å²) in [5.74, 6) is 0.368. The van der Waals surface area contributed by atoms with Crippen molar-refractivity contribution in [2.24, 2.45) is 0 Å². The first-order valence-corrected chi connectivity index (χ1v) is 4.49. The van der Waals surface area contributed by atoms with Gasteiger partial charge in [0.05, 0.1) is 11.4 Å². The predicted molar refractivity (Wildman–Crippen MR) is 55.5 cm³/mol. The molecule has 0 aliphatic rings. The lowest BCUT2D eigenvalue weighted by atomic mass is 10.4. The minimum atomic E-state index is 0.329. The molecular weight excluding hydrogens is 198 g/mol. The van der Waals surface area contributed by atoms with Crippen LogP contribution in [-0.4, -0.2) is 19.6 Å². The third kappa shape index (κ3) is 1.33. The van der Waals surface area contributed by atoms with E-state index in [0.29, 0.717) is 16.2 Å². The molecule has 0 atom stereocenters. The van der Waals surface area contributed by atoms with E-state index >= 15 is 0 Å². The molecule has 0 bridgehead atoms. The summed E-state index contributed by atoms with van der Waals surface area (Å²) in [6.45, 7) is 3.77. The fraction of sp³-hybridized carbons (Fsp3) is 0.250. The Hall–Kier alpha value is -1.56. The minimum Gasteiger partial charge on any atom is -0.383 e. The van der Waals surface area contributed by atoms with Gasteiger partial charge < -0.3 is 5.73 Å². The summed E-state index contributed by atoms with van der Waals surface area (Å²) in [5.41, 5.74) is 7.88. The minimum absolute atomic E-state index is 0.329. The van der Waals surface area contributed by atoms with Crippen LogP contribution < -0.4 is 5.73 Å². The Kier molecular flexibility index (Phi) is 1.92. The number of nitrogens with zero attached hydrogens (tertiary/aromatic N) is 4. The number of anilines is 1. The topological polar surface area (TPSA) is 69.1 Å². The van der Waals surface area contributed by atoms with E-state index in [1.165, 1.54) is 4.52 Å². The van der Waals surface area contributed by atoms with Crippen LogP contribution >= 0.6 is 12.2 Å². The Morgan fingerprint density at radius 1 is 1.29 bits per heavy atom. The van der Waals surface area contributed by atoms with Crippen LogP contribution in [0.2, 0.25) is 0 Å². The Morgan fingerprint density at radius 2 is 2.00 bits per heavy atom. The molecule has 2 rings (SSSR count). The molecule has 0 spiro atoms. The van der Waals surface area contributed by atoms with E-state index in [1.807, 2.05) is 13.8 Å². The second kappa shape index (κ2) is 2.98. The van der Waals surface area contributed by atoms with E-state index in [2.05, 4.69) is 15.1 Å². The average molecular weight is 207 g/mol. The molecule has 2 heterocycles. The molecule has 0 amide bonds. The van der Waals surface area contributed by atoms with E-state index in [9.17, 15) is 0 Å². The standard InChI is InChI=1S/C8H9N5S/c1-4-5(2)12-13-7(10-4)3-6(9)11-8(13)14/h3H,1-2H3,(H2,9,11,14). The van der Waals surface area contributed by atoms with Crippen LogP contribution in [0.3, 0.4) is 0 Å². The number of rotatable bonds is 0. The van der Waals surface area contributed by atoms with Crippen LogP contribution in [0.15, 0.2) is 6.07 Å². The van der Waals surface area contributed by atoms with Gasteiger partial charge in [-0.05, 0) is 26.1 Å². The van der Waals surface area contributed by atoms with E-state index < -0.39 is 0 Å². The Bertz CT molecular complexity index is 559. The number of aryl methyl sites for hydroxylation is 2. The molecule has 2 aromatic heterocycles. The number of nitrogen functional groups attached to an aromatic ring is 1. The molecular formula is C8H9N5S. The van der Waals surface area contributed by atoms with E-state index in [1.54, 1.807) is 6.07 Å². The molecule has 2 aromatic rings. The highest BCUT2D eigenvalue weighted by Gasteiger charge is 2.02. The van der Waals surface area contributed by atoms with Gasteiger partial charge in [-0.1, -0.05) is 0 Å². The second-order valence-electron chi connectivity index (χ2n) is 3.02. The summed E-state index contributed by atoms with van der Waals surface area (Å²) in [4.78, 5) is 8.24. The molecule has 6 heteroatoms. The van der Waals surface area contributed by atoms with Crippen molar-refractivity contribution in [1.29, 1.82) is 0 Å². The van der Waals surface area contributed by atoms with Crippen LogP contribution in [0.4, 0.5) is 5.82 Å². The lowest BCUT2D eigenvalue weighted by Gasteiger charge is -2.03. The van der Waals surface area contributed by atoms with Crippen molar-refractivity contribution in [3.05, 3.63) is 22.2 Å². The highest BCUT2D eigenvalue weighted by molar-refractivity contribution is 7.71. The number of hydrogen-bond donors (Lipinski definition) is 1. The lowest BCUT2D eigenvalue weighted by Crippen LogP contribution is -2.06. The highest BCUT2D eigenvalue weighted by atomic mass is 32.1. The molecule has 0 fully saturated rings. The molecule has 0 aliphatic carbocycles. The Balaban J connectivity index is 2.96. The van der Waals surface area contributed by atoms with Crippen molar-refractivity contribution < 1.29 is 0 Å². The molecule has 0 unspecified atom stereocenters. The Labute approximate surface area is 85.6 Å². The van der Waals surface area contributed by atoms with Crippen LogP contribution in [0.25, 0.3) is 5.65 Å². The van der Waals surface area contributed by atoms with Gasteiger partial charge in [0.15, 0.2) is 5.65 Å². The monoisotopic (exact) mass is 207 g/mol. The smallest absolute Gasteiger partial charge is 0.224 e. The normalized spacial score (nSPS) is 10.7. The molecule has 2 N–H and O–H groups in total. The van der Waals surface area contributed by atoms with Gasteiger partial charge in [0, 0.05) is 6.07 Å². The average Bonchev–Trinajstić information content (AvgIpc) is 2.08. The second-order valence-corrected chi connectivity index (χ2v) is 3.38. The fourth-order valence-electron chi connectivity index (χ4n) is 1.13. The van der Waals surface area contributed by atoms with E-state index in [-0.39, 0.29) is 0 Å². The highest BCUT2D eigenvalue weighted by Crippen LogP contribution is 2.06. The first kappa shape index (κ1) is 9.01. The molecule has 5 nitrogen and oxygen atoms in total. The molecule has 0 saturated carbocycles. The van der Waals surface area contributed by atoms with Crippen LogP contribution in [0.1, 0.15) is 11.4 Å². The maximum absolute atomic E-state index is 5.55. The third-order valence-corrected chi connectivity index (χ3v) is 2.22. The van der Waals surface area contributed by atoms with Crippen molar-refractivity contribution in [2.75, 3.05) is 5.73 Å². The zero-order chi connectivity index (χ0) is 10.3. The van der Waals surface area contributed by atoms with Crippen molar-refractivity contribution in [2.45, 2.75) is 13.8 Å². The van der Waals surface area contributed by atoms with Crippen LogP contribution in [0, 0.1) is 18.6 Å². The molecule has 14 heavy (non-hydrogen) atoms. The van der Waals surface area contributed by atoms with Gasteiger partial charge in [0.25, 0.3) is 0 Å². The van der Waals surface area contributed by atoms with Gasteiger partial charge in [0.2, 0.25) is 4.77 Å². The summed E-state index contributed by atoms with van der Waals surface area (Å²) in [7, 11) is 0. The number of hydrogen-bond acceptors (Lipinski definition) is 5. The van der Waals surface area contributed by atoms with Crippen molar-refractivity contribution >= 4 is 23.7 Å². The van der Waals surface area contributed by atoms with Crippen LogP contribution in [0.5, 0.6) is 0 Å². The zero-order valence-corrected chi connectivity index (χ0v) is 8.67. The largest absolute Gasteiger partial charge is 0.383 e. The maximum atomic E-state index is 5.55. The van der Waals surface area contributed by atoms with Crippen molar-refractivity contribution in [3.63, 3.8) is 0 Å². The zero-order valence-electron chi connectivity index (χ0n) is 7.85. The van der Waals surface area contributed by atoms with Gasteiger partial charge in [-0.15, -0.1) is 0 Å². The molecule has 0 aromatic carbocycles. The summed E-state index contributed by atoms with van der Waals surface area (Å²) in [6, 6.07) is 1.65. The first-order chi connectivity index (χ1) is 6.58. The third-order valence-electron chi connectivity index (χ3n) is 1.96. The number of fused-ring (bicyclic) bond motifs is 1. The summed E-state index contributed by atoms with van der Waals surface area (Å²) >= 11 is 5.01. The Morgan fingerprint density at radius 3 is 2.71 bits per heavy atom. The number of aromatic nitrogens is 4. The van der Waals surface area contributed by atoms with Crippen molar-refractivity contribution in [3.8, 4) is 0 Å². The van der Waals surface area contributed by atoms with Gasteiger partial charge in [-0.3, -0.25) is 0 Å². The van der Waals surface area contributed by atoms with E-state index in [0.717, 1.165) is 11.4 Å².